The lowest BCUT2D eigenvalue weighted by atomic mass is 10.0. The maximum Gasteiger partial charge on any atom is 0.256 e. The highest BCUT2D eigenvalue weighted by Crippen LogP contribution is 2.18. The molecule has 9 nitrogen and oxygen atoms in total. The Balaban J connectivity index is 1.56. The summed E-state index contributed by atoms with van der Waals surface area (Å²) in [5.41, 5.74) is 0.475. The first-order valence-corrected chi connectivity index (χ1v) is 10.8. The molecule has 10 heteroatoms. The number of halogens is 1. The summed E-state index contributed by atoms with van der Waals surface area (Å²) >= 11 is 0. The third-order valence-corrected chi connectivity index (χ3v) is 5.81. The van der Waals surface area contributed by atoms with Crippen LogP contribution in [-0.4, -0.2) is 76.7 Å². The van der Waals surface area contributed by atoms with Gasteiger partial charge in [-0.15, -0.1) is 0 Å². The normalized spacial score (nSPS) is 20.7. The molecule has 2 N–H and O–H groups in total. The molecule has 0 unspecified atom stereocenters. The number of amides is 4. The summed E-state index contributed by atoms with van der Waals surface area (Å²) in [6.45, 7) is 0.746. The molecule has 2 aromatic rings. The lowest BCUT2D eigenvalue weighted by Gasteiger charge is -2.41. The van der Waals surface area contributed by atoms with Crippen molar-refractivity contribution in [2.75, 3.05) is 26.2 Å². The minimum absolute atomic E-state index is 0.0818. The molecule has 33 heavy (non-hydrogen) atoms. The van der Waals surface area contributed by atoms with Crippen LogP contribution in [0.25, 0.3) is 0 Å². The Labute approximate surface area is 190 Å². The van der Waals surface area contributed by atoms with Gasteiger partial charge >= 0.3 is 0 Å². The number of carbonyl (C=O) groups is 4. The van der Waals surface area contributed by atoms with Crippen molar-refractivity contribution >= 4 is 23.6 Å². The van der Waals surface area contributed by atoms with E-state index < -0.39 is 35.6 Å². The van der Waals surface area contributed by atoms with E-state index in [-0.39, 0.29) is 31.1 Å². The second kappa shape index (κ2) is 9.76. The Bertz CT molecular complexity index is 1060. The van der Waals surface area contributed by atoms with Gasteiger partial charge in [0.05, 0.1) is 12.1 Å². The van der Waals surface area contributed by atoms with Gasteiger partial charge in [-0.25, -0.2) is 4.39 Å². The SMILES string of the molecule is O=C(N[C@@H]1CCCNC1=O)[C@H]1CN(C(=O)c2cccc(F)c2)CCN1C(=O)c1cccnc1. The molecule has 0 radical (unpaired) electrons. The van der Waals surface area contributed by atoms with Gasteiger partial charge in [-0.2, -0.15) is 0 Å². The molecule has 1 aromatic heterocycles. The molecule has 3 heterocycles. The maximum absolute atomic E-state index is 13.6. The van der Waals surface area contributed by atoms with Crippen LogP contribution in [0.2, 0.25) is 0 Å². The summed E-state index contributed by atoms with van der Waals surface area (Å²) < 4.78 is 13.6. The van der Waals surface area contributed by atoms with E-state index in [1.807, 2.05) is 0 Å². The number of aromatic nitrogens is 1. The summed E-state index contributed by atoms with van der Waals surface area (Å²) in [6, 6.07) is 6.83. The van der Waals surface area contributed by atoms with Crippen LogP contribution >= 0.6 is 0 Å². The van der Waals surface area contributed by atoms with Gasteiger partial charge in [-0.1, -0.05) is 6.07 Å². The van der Waals surface area contributed by atoms with E-state index in [9.17, 15) is 23.6 Å². The lowest BCUT2D eigenvalue weighted by Crippen LogP contribution is -2.63. The van der Waals surface area contributed by atoms with Gasteiger partial charge in [0, 0.05) is 37.6 Å². The number of piperidine rings is 1. The average Bonchev–Trinajstić information content (AvgIpc) is 2.84. The van der Waals surface area contributed by atoms with Crippen LogP contribution in [-0.2, 0) is 9.59 Å². The van der Waals surface area contributed by atoms with Crippen molar-refractivity contribution < 1.29 is 23.6 Å². The smallest absolute Gasteiger partial charge is 0.256 e. The monoisotopic (exact) mass is 453 g/mol. The van der Waals surface area contributed by atoms with Crippen LogP contribution in [0.4, 0.5) is 4.39 Å². The number of hydrogen-bond acceptors (Lipinski definition) is 5. The molecular formula is C23H24FN5O4. The van der Waals surface area contributed by atoms with E-state index >= 15 is 0 Å². The minimum atomic E-state index is -1.02. The second-order valence-corrected chi connectivity index (χ2v) is 8.01. The van der Waals surface area contributed by atoms with Crippen LogP contribution in [0.1, 0.15) is 33.6 Å². The highest BCUT2D eigenvalue weighted by molar-refractivity contribution is 6.00. The zero-order valence-corrected chi connectivity index (χ0v) is 17.9. The van der Waals surface area contributed by atoms with Crippen molar-refractivity contribution in [3.63, 3.8) is 0 Å². The fourth-order valence-corrected chi connectivity index (χ4v) is 4.07. The van der Waals surface area contributed by atoms with E-state index in [1.165, 1.54) is 40.4 Å². The van der Waals surface area contributed by atoms with Crippen molar-refractivity contribution in [2.24, 2.45) is 0 Å². The number of benzene rings is 1. The van der Waals surface area contributed by atoms with Gasteiger partial charge in [0.15, 0.2) is 0 Å². The Morgan fingerprint density at radius 1 is 1.09 bits per heavy atom. The lowest BCUT2D eigenvalue weighted by molar-refractivity contribution is -0.133. The van der Waals surface area contributed by atoms with Crippen LogP contribution in [0.3, 0.4) is 0 Å². The number of hydrogen-bond donors (Lipinski definition) is 2. The molecule has 2 aliphatic rings. The second-order valence-electron chi connectivity index (χ2n) is 8.01. The summed E-state index contributed by atoms with van der Waals surface area (Å²) in [5, 5.41) is 5.44. The predicted molar refractivity (Wildman–Crippen MR) is 116 cm³/mol. The molecule has 2 aliphatic heterocycles. The Morgan fingerprint density at radius 2 is 1.91 bits per heavy atom. The molecule has 2 atom stereocenters. The quantitative estimate of drug-likeness (QED) is 0.704. The number of pyridine rings is 1. The topological polar surface area (TPSA) is 112 Å². The Kier molecular flexibility index (Phi) is 6.62. The summed E-state index contributed by atoms with van der Waals surface area (Å²) in [7, 11) is 0. The Morgan fingerprint density at radius 3 is 2.64 bits per heavy atom. The van der Waals surface area contributed by atoms with Crippen molar-refractivity contribution in [2.45, 2.75) is 24.9 Å². The third kappa shape index (κ3) is 5.00. The zero-order valence-electron chi connectivity index (χ0n) is 17.9. The number of rotatable bonds is 4. The van der Waals surface area contributed by atoms with E-state index in [4.69, 9.17) is 0 Å². The fourth-order valence-electron chi connectivity index (χ4n) is 4.07. The average molecular weight is 453 g/mol. The van der Waals surface area contributed by atoms with Crippen LogP contribution < -0.4 is 10.6 Å². The van der Waals surface area contributed by atoms with E-state index in [0.29, 0.717) is 18.5 Å². The highest BCUT2D eigenvalue weighted by Gasteiger charge is 2.39. The summed E-state index contributed by atoms with van der Waals surface area (Å²) in [4.78, 5) is 58.2. The standard InChI is InChI=1S/C23H24FN5O4/c24-17-6-1-4-15(12-17)22(32)28-10-11-29(23(33)16-5-2-8-25-13-16)19(14-28)21(31)27-18-7-3-9-26-20(18)30/h1-2,4-6,8,12-13,18-19H,3,7,9-11,14H2,(H,26,30)(H,27,31)/t18-,19-/m1/s1. The highest BCUT2D eigenvalue weighted by atomic mass is 19.1. The molecule has 4 rings (SSSR count). The van der Waals surface area contributed by atoms with Crippen molar-refractivity contribution in [1.82, 2.24) is 25.4 Å². The molecule has 172 valence electrons. The largest absolute Gasteiger partial charge is 0.354 e. The number of carbonyl (C=O) groups excluding carboxylic acids is 4. The van der Waals surface area contributed by atoms with Crippen molar-refractivity contribution in [3.8, 4) is 0 Å². The molecule has 0 aliphatic carbocycles. The molecule has 4 amide bonds. The molecule has 0 spiro atoms. The van der Waals surface area contributed by atoms with Gasteiger partial charge in [0.1, 0.15) is 17.9 Å². The molecule has 0 bridgehead atoms. The van der Waals surface area contributed by atoms with Gasteiger partial charge in [0.2, 0.25) is 11.8 Å². The van der Waals surface area contributed by atoms with Gasteiger partial charge in [-0.3, -0.25) is 24.2 Å². The van der Waals surface area contributed by atoms with E-state index in [1.54, 1.807) is 12.1 Å². The van der Waals surface area contributed by atoms with E-state index in [2.05, 4.69) is 15.6 Å². The first kappa shape index (κ1) is 22.4. The Hall–Kier alpha value is -3.82. The molecule has 1 aromatic carbocycles. The molecule has 2 saturated heterocycles. The van der Waals surface area contributed by atoms with Crippen molar-refractivity contribution in [3.05, 3.63) is 65.7 Å². The fraction of sp³-hybridized carbons (Fsp3) is 0.348. The predicted octanol–water partition coefficient (Wildman–Crippen LogP) is 0.582. The number of nitrogens with one attached hydrogen (secondary N) is 2. The summed E-state index contributed by atoms with van der Waals surface area (Å²) in [5.74, 6) is -2.16. The summed E-state index contributed by atoms with van der Waals surface area (Å²) in [6.07, 6.45) is 4.17. The number of piperazine rings is 1. The molecule has 0 saturated carbocycles. The van der Waals surface area contributed by atoms with Gasteiger partial charge in [0.25, 0.3) is 11.8 Å². The first-order valence-electron chi connectivity index (χ1n) is 10.8. The van der Waals surface area contributed by atoms with Gasteiger partial charge < -0.3 is 20.4 Å². The zero-order chi connectivity index (χ0) is 23.4. The van der Waals surface area contributed by atoms with Crippen molar-refractivity contribution in [1.29, 1.82) is 0 Å². The first-order chi connectivity index (χ1) is 15.9. The van der Waals surface area contributed by atoms with Crippen LogP contribution in [0.5, 0.6) is 0 Å². The minimum Gasteiger partial charge on any atom is -0.354 e. The van der Waals surface area contributed by atoms with E-state index in [0.717, 1.165) is 12.5 Å². The molecule has 2 fully saturated rings. The van der Waals surface area contributed by atoms with Crippen LogP contribution in [0, 0.1) is 5.82 Å². The van der Waals surface area contributed by atoms with Gasteiger partial charge in [-0.05, 0) is 43.2 Å². The molecular weight excluding hydrogens is 429 g/mol. The number of nitrogens with zero attached hydrogens (tertiary/aromatic N) is 3. The maximum atomic E-state index is 13.6. The van der Waals surface area contributed by atoms with Crippen LogP contribution in [0.15, 0.2) is 48.8 Å². The third-order valence-electron chi connectivity index (χ3n) is 5.81.